The molecule has 0 atom stereocenters. The molecular formula is C16H14O. The smallest absolute Gasteiger partial charge is 0.158 e. The van der Waals surface area contributed by atoms with Crippen molar-refractivity contribution >= 4 is 12.4 Å². The Bertz CT molecular complexity index is 478. The van der Waals surface area contributed by atoms with E-state index in [1.165, 1.54) is 0 Å². The number of unbranched alkanes of at least 4 members (excludes halogenated alkanes) is 2. The molecule has 0 saturated heterocycles. The van der Waals surface area contributed by atoms with Crippen LogP contribution in [0, 0.1) is 24.2 Å². The standard InChI is InChI=1S/C16H14O/c1-2-3-4-5-7-12-16(14-17)13-15-10-8-6-9-11-15/h1,6,8-11,13-14H,3-5H2/b16-13+. The Morgan fingerprint density at radius 1 is 1.24 bits per heavy atom. The fraction of sp³-hybridized carbons (Fsp3) is 0.188. The Morgan fingerprint density at radius 3 is 2.65 bits per heavy atom. The lowest BCUT2D eigenvalue weighted by atomic mass is 10.1. The third-order valence-corrected chi connectivity index (χ3v) is 2.10. The summed E-state index contributed by atoms with van der Waals surface area (Å²) in [6, 6.07) is 9.65. The maximum Gasteiger partial charge on any atom is 0.158 e. The summed E-state index contributed by atoms with van der Waals surface area (Å²) < 4.78 is 0. The Kier molecular flexibility index (Phi) is 6.01. The van der Waals surface area contributed by atoms with Gasteiger partial charge >= 0.3 is 0 Å². The lowest BCUT2D eigenvalue weighted by molar-refractivity contribution is -0.104. The molecule has 84 valence electrons. The van der Waals surface area contributed by atoms with Crippen LogP contribution < -0.4 is 0 Å². The van der Waals surface area contributed by atoms with Crippen molar-refractivity contribution in [1.29, 1.82) is 0 Å². The Balaban J connectivity index is 2.63. The minimum atomic E-state index is 0.497. The molecule has 0 fully saturated rings. The monoisotopic (exact) mass is 222 g/mol. The zero-order chi connectivity index (χ0) is 12.3. The number of hydrogen-bond donors (Lipinski definition) is 0. The summed E-state index contributed by atoms with van der Waals surface area (Å²) in [6.45, 7) is 0. The molecule has 1 aromatic carbocycles. The molecule has 1 heteroatoms. The van der Waals surface area contributed by atoms with Crippen molar-refractivity contribution in [3.05, 3.63) is 41.5 Å². The molecule has 1 rings (SSSR count). The Labute approximate surface area is 103 Å². The topological polar surface area (TPSA) is 17.1 Å². The predicted molar refractivity (Wildman–Crippen MR) is 70.9 cm³/mol. The van der Waals surface area contributed by atoms with Crippen molar-refractivity contribution in [3.8, 4) is 24.2 Å². The highest BCUT2D eigenvalue weighted by Crippen LogP contribution is 2.04. The first kappa shape index (κ1) is 12.8. The number of allylic oxidation sites excluding steroid dienone is 1. The van der Waals surface area contributed by atoms with Crippen molar-refractivity contribution in [2.75, 3.05) is 0 Å². The van der Waals surface area contributed by atoms with E-state index >= 15 is 0 Å². The second-order valence-electron chi connectivity index (χ2n) is 3.49. The van der Waals surface area contributed by atoms with Crippen molar-refractivity contribution in [2.24, 2.45) is 0 Å². The molecule has 0 amide bonds. The predicted octanol–water partition coefficient (Wildman–Crippen LogP) is 3.08. The average molecular weight is 222 g/mol. The second kappa shape index (κ2) is 7.97. The molecule has 0 radical (unpaired) electrons. The Morgan fingerprint density at radius 2 is 2.00 bits per heavy atom. The molecule has 17 heavy (non-hydrogen) atoms. The van der Waals surface area contributed by atoms with Crippen molar-refractivity contribution in [3.63, 3.8) is 0 Å². The van der Waals surface area contributed by atoms with Crippen LogP contribution in [-0.4, -0.2) is 6.29 Å². The second-order valence-corrected chi connectivity index (χ2v) is 3.49. The highest BCUT2D eigenvalue weighted by Gasteiger charge is 1.90. The van der Waals surface area contributed by atoms with E-state index in [4.69, 9.17) is 6.42 Å². The van der Waals surface area contributed by atoms with Gasteiger partial charge in [0.1, 0.15) is 0 Å². The number of benzene rings is 1. The zero-order valence-electron chi connectivity index (χ0n) is 9.65. The van der Waals surface area contributed by atoms with E-state index in [1.54, 1.807) is 6.08 Å². The summed E-state index contributed by atoms with van der Waals surface area (Å²) >= 11 is 0. The Hall–Kier alpha value is -2.25. The first-order chi connectivity index (χ1) is 8.36. The first-order valence-electron chi connectivity index (χ1n) is 5.51. The molecular weight excluding hydrogens is 208 g/mol. The van der Waals surface area contributed by atoms with Crippen LogP contribution in [0.25, 0.3) is 6.08 Å². The number of hydrogen-bond acceptors (Lipinski definition) is 1. The van der Waals surface area contributed by atoms with Crippen LogP contribution in [-0.2, 0) is 4.79 Å². The summed E-state index contributed by atoms with van der Waals surface area (Å²) in [4.78, 5) is 10.8. The quantitative estimate of drug-likeness (QED) is 0.331. The number of carbonyl (C=O) groups is 1. The third-order valence-electron chi connectivity index (χ3n) is 2.10. The van der Waals surface area contributed by atoms with Gasteiger partial charge in [0.25, 0.3) is 0 Å². The first-order valence-corrected chi connectivity index (χ1v) is 5.51. The number of terminal acetylenes is 1. The van der Waals surface area contributed by atoms with E-state index < -0.39 is 0 Å². The van der Waals surface area contributed by atoms with Gasteiger partial charge in [-0.1, -0.05) is 42.2 Å². The van der Waals surface area contributed by atoms with E-state index in [0.717, 1.165) is 31.1 Å². The lowest BCUT2D eigenvalue weighted by Gasteiger charge is -1.91. The summed E-state index contributed by atoms with van der Waals surface area (Å²) in [5, 5.41) is 0. The van der Waals surface area contributed by atoms with Gasteiger partial charge in [-0.05, 0) is 18.1 Å². The molecule has 0 spiro atoms. The van der Waals surface area contributed by atoms with E-state index in [0.29, 0.717) is 5.57 Å². The molecule has 0 aromatic heterocycles. The van der Waals surface area contributed by atoms with E-state index in [2.05, 4.69) is 17.8 Å². The van der Waals surface area contributed by atoms with Crippen molar-refractivity contribution in [1.82, 2.24) is 0 Å². The summed E-state index contributed by atoms with van der Waals surface area (Å²) in [7, 11) is 0. The molecule has 0 bridgehead atoms. The van der Waals surface area contributed by atoms with Crippen LogP contribution >= 0.6 is 0 Å². The van der Waals surface area contributed by atoms with Crippen LogP contribution in [0.5, 0.6) is 0 Å². The van der Waals surface area contributed by atoms with Gasteiger partial charge in [0.2, 0.25) is 0 Å². The van der Waals surface area contributed by atoms with Crippen molar-refractivity contribution < 1.29 is 4.79 Å². The van der Waals surface area contributed by atoms with Crippen LogP contribution in [0.2, 0.25) is 0 Å². The lowest BCUT2D eigenvalue weighted by Crippen LogP contribution is -1.81. The summed E-state index contributed by atoms with van der Waals surface area (Å²) in [6.07, 6.45) is 10.0. The van der Waals surface area contributed by atoms with Gasteiger partial charge in [-0.15, -0.1) is 12.3 Å². The minimum absolute atomic E-state index is 0.497. The van der Waals surface area contributed by atoms with Crippen LogP contribution in [0.1, 0.15) is 24.8 Å². The molecule has 0 saturated carbocycles. The van der Waals surface area contributed by atoms with Gasteiger partial charge < -0.3 is 0 Å². The maximum atomic E-state index is 10.8. The van der Waals surface area contributed by atoms with Crippen LogP contribution in [0.4, 0.5) is 0 Å². The van der Waals surface area contributed by atoms with E-state index in [1.807, 2.05) is 30.3 Å². The fourth-order valence-corrected chi connectivity index (χ4v) is 1.27. The summed E-state index contributed by atoms with van der Waals surface area (Å²) in [5.41, 5.74) is 1.48. The van der Waals surface area contributed by atoms with Crippen molar-refractivity contribution in [2.45, 2.75) is 19.3 Å². The molecule has 0 N–H and O–H groups in total. The van der Waals surface area contributed by atoms with E-state index in [9.17, 15) is 4.79 Å². The number of rotatable bonds is 4. The van der Waals surface area contributed by atoms with Crippen LogP contribution in [0.3, 0.4) is 0 Å². The minimum Gasteiger partial charge on any atom is -0.297 e. The highest BCUT2D eigenvalue weighted by molar-refractivity contribution is 5.87. The molecule has 0 aliphatic heterocycles. The normalized spacial score (nSPS) is 9.94. The van der Waals surface area contributed by atoms with Gasteiger partial charge in [-0.2, -0.15) is 0 Å². The van der Waals surface area contributed by atoms with Gasteiger partial charge in [-0.3, -0.25) is 4.79 Å². The largest absolute Gasteiger partial charge is 0.297 e. The van der Waals surface area contributed by atoms with E-state index in [-0.39, 0.29) is 0 Å². The molecule has 0 aliphatic carbocycles. The zero-order valence-corrected chi connectivity index (χ0v) is 9.65. The SMILES string of the molecule is C#CCCCC#C/C(C=O)=C\c1ccccc1. The molecule has 1 aromatic rings. The van der Waals surface area contributed by atoms with Gasteiger partial charge in [0, 0.05) is 12.8 Å². The molecule has 1 nitrogen and oxygen atoms in total. The molecule has 0 aliphatic rings. The average Bonchev–Trinajstić information content (AvgIpc) is 2.38. The van der Waals surface area contributed by atoms with Crippen LogP contribution in [0.15, 0.2) is 35.9 Å². The number of carbonyl (C=O) groups excluding carboxylic acids is 1. The third kappa shape index (κ3) is 5.40. The fourth-order valence-electron chi connectivity index (χ4n) is 1.27. The number of aldehydes is 1. The summed E-state index contributed by atoms with van der Waals surface area (Å²) in [5.74, 6) is 8.36. The maximum absolute atomic E-state index is 10.8. The van der Waals surface area contributed by atoms with Gasteiger partial charge in [0.05, 0.1) is 5.57 Å². The molecule has 0 unspecified atom stereocenters. The van der Waals surface area contributed by atoms with Gasteiger partial charge in [-0.25, -0.2) is 0 Å². The highest BCUT2D eigenvalue weighted by atomic mass is 16.1. The van der Waals surface area contributed by atoms with Gasteiger partial charge in [0.15, 0.2) is 6.29 Å². The molecule has 0 heterocycles.